The summed E-state index contributed by atoms with van der Waals surface area (Å²) in [7, 11) is 0. The highest BCUT2D eigenvalue weighted by molar-refractivity contribution is 5.96. The van der Waals surface area contributed by atoms with Crippen LogP contribution in [0.15, 0.2) is 24.3 Å². The minimum atomic E-state index is -0.260. The summed E-state index contributed by atoms with van der Waals surface area (Å²) in [6, 6.07) is 6.57. The molecule has 1 aliphatic carbocycles. The number of rotatable bonds is 5. The molecule has 1 fully saturated rings. The number of carbonyl (C=O) groups is 2. The fourth-order valence-electron chi connectivity index (χ4n) is 2.70. The van der Waals surface area contributed by atoms with E-state index in [1.54, 1.807) is 18.2 Å². The van der Waals surface area contributed by atoms with Crippen molar-refractivity contribution in [1.29, 1.82) is 0 Å². The van der Waals surface area contributed by atoms with Crippen LogP contribution in [-0.4, -0.2) is 29.1 Å². The van der Waals surface area contributed by atoms with E-state index in [1.165, 1.54) is 6.07 Å². The molecule has 5 heteroatoms. The molecule has 0 bridgehead atoms. The van der Waals surface area contributed by atoms with Gasteiger partial charge in [-0.3, -0.25) is 9.59 Å². The second kappa shape index (κ2) is 7.82. The first-order valence-corrected chi connectivity index (χ1v) is 7.88. The number of hydrogen-bond acceptors (Lipinski definition) is 4. The summed E-state index contributed by atoms with van der Waals surface area (Å²) in [5.74, 6) is -0.407. The fourth-order valence-corrected chi connectivity index (χ4v) is 2.70. The predicted molar refractivity (Wildman–Crippen MR) is 82.6 cm³/mol. The van der Waals surface area contributed by atoms with Crippen molar-refractivity contribution in [3.63, 3.8) is 0 Å². The van der Waals surface area contributed by atoms with Crippen LogP contribution in [-0.2, 0) is 9.53 Å². The number of amides is 1. The van der Waals surface area contributed by atoms with E-state index in [4.69, 9.17) is 4.74 Å². The normalized spacial score (nSPS) is 21.1. The van der Waals surface area contributed by atoms with Crippen LogP contribution in [0.25, 0.3) is 0 Å². The zero-order chi connectivity index (χ0) is 15.9. The van der Waals surface area contributed by atoms with E-state index in [0.717, 1.165) is 32.1 Å². The summed E-state index contributed by atoms with van der Waals surface area (Å²) in [5, 5.41) is 12.6. The van der Waals surface area contributed by atoms with Gasteiger partial charge in [0, 0.05) is 12.5 Å². The van der Waals surface area contributed by atoms with Gasteiger partial charge in [0.15, 0.2) is 0 Å². The van der Waals surface area contributed by atoms with E-state index in [9.17, 15) is 14.7 Å². The summed E-state index contributed by atoms with van der Waals surface area (Å²) in [4.78, 5) is 23.6. The van der Waals surface area contributed by atoms with E-state index in [1.807, 2.05) is 6.92 Å². The van der Waals surface area contributed by atoms with Crippen molar-refractivity contribution in [2.75, 3.05) is 0 Å². The van der Waals surface area contributed by atoms with Crippen molar-refractivity contribution in [3.05, 3.63) is 29.8 Å². The molecule has 0 saturated heterocycles. The van der Waals surface area contributed by atoms with Crippen LogP contribution in [0.1, 0.15) is 55.8 Å². The highest BCUT2D eigenvalue weighted by atomic mass is 16.5. The fraction of sp³-hybridized carbons (Fsp3) is 0.529. The Balaban J connectivity index is 1.79. The third kappa shape index (κ3) is 4.48. The SMILES string of the molecule is CCCC(=O)OC1CCC(NC(=O)c2ccccc2O)CC1. The monoisotopic (exact) mass is 305 g/mol. The largest absolute Gasteiger partial charge is 0.507 e. The molecule has 1 aliphatic rings. The molecular formula is C17H23NO4. The Labute approximate surface area is 130 Å². The number of carbonyl (C=O) groups excluding carboxylic acids is 2. The number of nitrogens with one attached hydrogen (secondary N) is 1. The Kier molecular flexibility index (Phi) is 5.81. The van der Waals surface area contributed by atoms with Crippen molar-refractivity contribution in [2.45, 2.75) is 57.6 Å². The van der Waals surface area contributed by atoms with Gasteiger partial charge in [-0.25, -0.2) is 0 Å². The van der Waals surface area contributed by atoms with Gasteiger partial charge in [0.05, 0.1) is 5.56 Å². The Morgan fingerprint density at radius 2 is 1.91 bits per heavy atom. The minimum absolute atomic E-state index is 0.0119. The lowest BCUT2D eigenvalue weighted by molar-refractivity contribution is -0.150. The maximum Gasteiger partial charge on any atom is 0.306 e. The zero-order valence-corrected chi connectivity index (χ0v) is 12.9. The van der Waals surface area contributed by atoms with Gasteiger partial charge in [-0.1, -0.05) is 19.1 Å². The second-order valence-electron chi connectivity index (χ2n) is 5.70. The van der Waals surface area contributed by atoms with Crippen LogP contribution in [0, 0.1) is 0 Å². The molecule has 0 unspecified atom stereocenters. The topological polar surface area (TPSA) is 75.6 Å². The molecule has 1 aromatic carbocycles. The lowest BCUT2D eigenvalue weighted by atomic mass is 9.92. The Hall–Kier alpha value is -2.04. The van der Waals surface area contributed by atoms with Gasteiger partial charge in [-0.15, -0.1) is 0 Å². The molecule has 0 spiro atoms. The van der Waals surface area contributed by atoms with Crippen LogP contribution in [0.4, 0.5) is 0 Å². The van der Waals surface area contributed by atoms with Gasteiger partial charge in [0.25, 0.3) is 5.91 Å². The van der Waals surface area contributed by atoms with Crippen LogP contribution < -0.4 is 5.32 Å². The molecule has 0 heterocycles. The lowest BCUT2D eigenvalue weighted by Crippen LogP contribution is -2.39. The third-order valence-electron chi connectivity index (χ3n) is 3.91. The van der Waals surface area contributed by atoms with E-state index >= 15 is 0 Å². The average molecular weight is 305 g/mol. The van der Waals surface area contributed by atoms with Crippen LogP contribution in [0.2, 0.25) is 0 Å². The van der Waals surface area contributed by atoms with E-state index in [-0.39, 0.29) is 29.8 Å². The smallest absolute Gasteiger partial charge is 0.306 e. The van der Waals surface area contributed by atoms with Crippen molar-refractivity contribution in [3.8, 4) is 5.75 Å². The number of esters is 1. The minimum Gasteiger partial charge on any atom is -0.507 e. The maximum absolute atomic E-state index is 12.1. The summed E-state index contributed by atoms with van der Waals surface area (Å²) in [5.41, 5.74) is 0.291. The molecule has 0 radical (unpaired) electrons. The quantitative estimate of drug-likeness (QED) is 0.820. The molecule has 2 rings (SSSR count). The standard InChI is InChI=1S/C17H23NO4/c1-2-5-16(20)22-13-10-8-12(9-11-13)18-17(21)14-6-3-4-7-15(14)19/h3-4,6-7,12-13,19H,2,5,8-11H2,1H3,(H,18,21). The van der Waals surface area contributed by atoms with Crippen LogP contribution in [0.3, 0.4) is 0 Å². The molecule has 22 heavy (non-hydrogen) atoms. The lowest BCUT2D eigenvalue weighted by Gasteiger charge is -2.29. The van der Waals surface area contributed by atoms with Crippen LogP contribution in [0.5, 0.6) is 5.75 Å². The van der Waals surface area contributed by atoms with E-state index in [2.05, 4.69) is 5.32 Å². The summed E-state index contributed by atoms with van der Waals surface area (Å²) >= 11 is 0. The summed E-state index contributed by atoms with van der Waals surface area (Å²) < 4.78 is 5.40. The molecule has 0 aliphatic heterocycles. The number of phenolic OH excluding ortho intramolecular Hbond substituents is 1. The molecule has 2 N–H and O–H groups in total. The van der Waals surface area contributed by atoms with Gasteiger partial charge in [0.2, 0.25) is 0 Å². The highest BCUT2D eigenvalue weighted by Gasteiger charge is 2.25. The Morgan fingerprint density at radius 3 is 2.55 bits per heavy atom. The van der Waals surface area contributed by atoms with Gasteiger partial charge in [-0.05, 0) is 44.2 Å². The van der Waals surface area contributed by atoms with Crippen molar-refractivity contribution in [1.82, 2.24) is 5.32 Å². The first kappa shape index (κ1) is 16.3. The van der Waals surface area contributed by atoms with Gasteiger partial charge in [-0.2, -0.15) is 0 Å². The predicted octanol–water partition coefficient (Wildman–Crippen LogP) is 2.78. The number of para-hydroxylation sites is 1. The van der Waals surface area contributed by atoms with Gasteiger partial charge in [0.1, 0.15) is 11.9 Å². The molecule has 1 aromatic rings. The summed E-state index contributed by atoms with van der Waals surface area (Å²) in [6.07, 6.45) is 4.32. The highest BCUT2D eigenvalue weighted by Crippen LogP contribution is 2.23. The number of ether oxygens (including phenoxy) is 1. The molecule has 1 saturated carbocycles. The maximum atomic E-state index is 12.1. The number of hydrogen-bond donors (Lipinski definition) is 2. The first-order chi connectivity index (χ1) is 10.6. The molecule has 0 aromatic heterocycles. The average Bonchev–Trinajstić information content (AvgIpc) is 2.50. The molecule has 0 atom stereocenters. The van der Waals surface area contributed by atoms with Crippen molar-refractivity contribution in [2.24, 2.45) is 0 Å². The first-order valence-electron chi connectivity index (χ1n) is 7.88. The molecule has 5 nitrogen and oxygen atoms in total. The molecule has 120 valence electrons. The summed E-state index contributed by atoms with van der Waals surface area (Å²) in [6.45, 7) is 1.95. The van der Waals surface area contributed by atoms with Gasteiger partial charge >= 0.3 is 5.97 Å². The Bertz CT molecular complexity index is 521. The van der Waals surface area contributed by atoms with Crippen molar-refractivity contribution >= 4 is 11.9 Å². The molecular weight excluding hydrogens is 282 g/mol. The Morgan fingerprint density at radius 1 is 1.23 bits per heavy atom. The third-order valence-corrected chi connectivity index (χ3v) is 3.91. The molecule has 1 amide bonds. The van der Waals surface area contributed by atoms with Gasteiger partial charge < -0.3 is 15.2 Å². The number of benzene rings is 1. The number of aromatic hydroxyl groups is 1. The second-order valence-corrected chi connectivity index (χ2v) is 5.70. The van der Waals surface area contributed by atoms with E-state index < -0.39 is 0 Å². The van der Waals surface area contributed by atoms with Crippen molar-refractivity contribution < 1.29 is 19.4 Å². The van der Waals surface area contributed by atoms with Crippen LogP contribution >= 0.6 is 0 Å². The zero-order valence-electron chi connectivity index (χ0n) is 12.9. The number of phenols is 1. The van der Waals surface area contributed by atoms with E-state index in [0.29, 0.717) is 12.0 Å².